The van der Waals surface area contributed by atoms with E-state index in [2.05, 4.69) is 22.9 Å². The highest BCUT2D eigenvalue weighted by Gasteiger charge is 2.24. The number of fused-ring (bicyclic) bond motifs is 2. The normalized spacial score (nSPS) is 15.8. The van der Waals surface area contributed by atoms with E-state index < -0.39 is 5.97 Å². The van der Waals surface area contributed by atoms with Crippen LogP contribution in [0.15, 0.2) is 60.7 Å². The lowest BCUT2D eigenvalue weighted by molar-refractivity contribution is -0.137. The van der Waals surface area contributed by atoms with Gasteiger partial charge in [0, 0.05) is 10.9 Å². The van der Waals surface area contributed by atoms with Crippen molar-refractivity contribution in [3.8, 4) is 28.5 Å². The Kier molecular flexibility index (Phi) is 6.20. The van der Waals surface area contributed by atoms with E-state index in [-0.39, 0.29) is 19.1 Å². The van der Waals surface area contributed by atoms with Gasteiger partial charge in [-0.2, -0.15) is 5.10 Å². The van der Waals surface area contributed by atoms with Crippen molar-refractivity contribution in [2.24, 2.45) is 0 Å². The lowest BCUT2D eigenvalue weighted by atomic mass is 9.98. The topological polar surface area (TPSA) is 82.8 Å². The van der Waals surface area contributed by atoms with Crippen molar-refractivity contribution >= 4 is 16.9 Å². The van der Waals surface area contributed by atoms with E-state index in [1.165, 1.54) is 12.8 Å². The minimum Gasteiger partial charge on any atom is -0.489 e. The summed E-state index contributed by atoms with van der Waals surface area (Å²) in [6, 6.07) is 20.6. The Bertz CT molecular complexity index is 1440. The van der Waals surface area contributed by atoms with Gasteiger partial charge in [0.05, 0.1) is 18.0 Å². The number of rotatable bonds is 8. The SMILES string of the molecule is CC(CC(=O)O)c1ccc(OCc2ccc3c(-c4ccc5c(c4)OCO5)nn(C4CCCC4)c3c2)cc1. The fraction of sp³-hybridized carbons (Fsp3) is 0.333. The number of hydrogen-bond donors (Lipinski definition) is 1. The Morgan fingerprint density at radius 1 is 1.05 bits per heavy atom. The van der Waals surface area contributed by atoms with E-state index in [1.54, 1.807) is 0 Å². The number of carboxylic acids is 1. The van der Waals surface area contributed by atoms with Crippen LogP contribution in [0.1, 0.15) is 62.1 Å². The smallest absolute Gasteiger partial charge is 0.303 e. The summed E-state index contributed by atoms with van der Waals surface area (Å²) < 4.78 is 19.4. The summed E-state index contributed by atoms with van der Waals surface area (Å²) in [6.45, 7) is 2.61. The van der Waals surface area contributed by atoms with E-state index in [1.807, 2.05) is 49.4 Å². The van der Waals surface area contributed by atoms with Crippen LogP contribution < -0.4 is 14.2 Å². The van der Waals surface area contributed by atoms with Gasteiger partial charge < -0.3 is 19.3 Å². The van der Waals surface area contributed by atoms with Crippen LogP contribution in [0, 0.1) is 0 Å². The molecule has 7 nitrogen and oxygen atoms in total. The van der Waals surface area contributed by atoms with Gasteiger partial charge in [-0.05, 0) is 66.3 Å². The Labute approximate surface area is 215 Å². The summed E-state index contributed by atoms with van der Waals surface area (Å²) >= 11 is 0. The number of carbonyl (C=O) groups is 1. The van der Waals surface area contributed by atoms with Crippen molar-refractivity contribution in [1.82, 2.24) is 9.78 Å². The third-order valence-corrected chi connectivity index (χ3v) is 7.42. The molecule has 0 spiro atoms. The predicted octanol–water partition coefficient (Wildman–Crippen LogP) is 6.70. The van der Waals surface area contributed by atoms with Gasteiger partial charge >= 0.3 is 5.97 Å². The number of benzene rings is 3. The molecule has 2 heterocycles. The molecule has 0 amide bonds. The highest BCUT2D eigenvalue weighted by molar-refractivity contribution is 5.94. The van der Waals surface area contributed by atoms with E-state index in [0.29, 0.717) is 12.6 Å². The van der Waals surface area contributed by atoms with Crippen LogP contribution in [0.4, 0.5) is 0 Å². The van der Waals surface area contributed by atoms with Crippen LogP contribution in [0.2, 0.25) is 0 Å². The average molecular weight is 499 g/mol. The molecular weight excluding hydrogens is 468 g/mol. The molecule has 1 unspecified atom stereocenters. The first kappa shape index (κ1) is 23.4. The number of carboxylic acid groups (broad SMARTS) is 1. The van der Waals surface area contributed by atoms with Gasteiger partial charge in [-0.25, -0.2) is 0 Å². The Morgan fingerprint density at radius 3 is 2.62 bits per heavy atom. The molecule has 1 atom stereocenters. The summed E-state index contributed by atoms with van der Waals surface area (Å²) in [5.41, 5.74) is 5.17. The quantitative estimate of drug-likeness (QED) is 0.291. The fourth-order valence-corrected chi connectivity index (χ4v) is 5.40. The highest BCUT2D eigenvalue weighted by Crippen LogP contribution is 2.40. The first-order chi connectivity index (χ1) is 18.0. The van der Waals surface area contributed by atoms with Crippen LogP contribution in [0.5, 0.6) is 17.2 Å². The molecule has 7 heteroatoms. The Morgan fingerprint density at radius 2 is 1.84 bits per heavy atom. The summed E-state index contributed by atoms with van der Waals surface area (Å²) in [4.78, 5) is 11.0. The second kappa shape index (κ2) is 9.81. The van der Waals surface area contributed by atoms with Crippen molar-refractivity contribution in [1.29, 1.82) is 0 Å². The lowest BCUT2D eigenvalue weighted by Crippen LogP contribution is -2.06. The zero-order valence-corrected chi connectivity index (χ0v) is 20.9. The molecule has 37 heavy (non-hydrogen) atoms. The molecule has 0 saturated heterocycles. The lowest BCUT2D eigenvalue weighted by Gasteiger charge is -2.13. The number of hydrogen-bond acceptors (Lipinski definition) is 5. The summed E-state index contributed by atoms with van der Waals surface area (Å²) in [5, 5.41) is 15.3. The molecule has 4 aromatic rings. The first-order valence-corrected chi connectivity index (χ1v) is 12.9. The van der Waals surface area contributed by atoms with Crippen molar-refractivity contribution in [3.05, 3.63) is 71.8 Å². The van der Waals surface area contributed by atoms with Gasteiger partial charge in [0.2, 0.25) is 6.79 Å². The second-order valence-electron chi connectivity index (χ2n) is 10.0. The highest BCUT2D eigenvalue weighted by atomic mass is 16.7. The molecule has 1 aromatic heterocycles. The van der Waals surface area contributed by atoms with Crippen LogP contribution in [0.25, 0.3) is 22.2 Å². The van der Waals surface area contributed by atoms with Gasteiger partial charge in [-0.1, -0.05) is 44.0 Å². The maximum absolute atomic E-state index is 11.0. The molecule has 1 saturated carbocycles. The van der Waals surface area contributed by atoms with Crippen molar-refractivity contribution in [2.75, 3.05) is 6.79 Å². The van der Waals surface area contributed by atoms with Crippen LogP contribution in [-0.4, -0.2) is 27.6 Å². The molecule has 0 radical (unpaired) electrons. The van der Waals surface area contributed by atoms with Gasteiger partial charge in [-0.15, -0.1) is 0 Å². The monoisotopic (exact) mass is 498 g/mol. The number of ether oxygens (including phenoxy) is 3. The number of nitrogens with zero attached hydrogens (tertiary/aromatic N) is 2. The van der Waals surface area contributed by atoms with E-state index >= 15 is 0 Å². The summed E-state index contributed by atoms with van der Waals surface area (Å²) in [5.74, 6) is 1.46. The zero-order chi connectivity index (χ0) is 25.4. The van der Waals surface area contributed by atoms with Crippen LogP contribution >= 0.6 is 0 Å². The molecule has 190 valence electrons. The number of aliphatic carboxylic acids is 1. The average Bonchev–Trinajstić information content (AvgIpc) is 3.66. The predicted molar refractivity (Wildman–Crippen MR) is 140 cm³/mol. The Hall–Kier alpha value is -4.00. The molecule has 1 N–H and O–H groups in total. The van der Waals surface area contributed by atoms with Crippen molar-refractivity contribution < 1.29 is 24.1 Å². The largest absolute Gasteiger partial charge is 0.489 e. The molecule has 1 aliphatic carbocycles. The van der Waals surface area contributed by atoms with Gasteiger partial charge in [-0.3, -0.25) is 9.48 Å². The third kappa shape index (κ3) is 4.73. The molecular formula is C30H30N2O5. The zero-order valence-electron chi connectivity index (χ0n) is 20.9. The molecule has 6 rings (SSSR count). The molecule has 0 bridgehead atoms. The van der Waals surface area contributed by atoms with E-state index in [4.69, 9.17) is 24.4 Å². The summed E-state index contributed by atoms with van der Waals surface area (Å²) in [7, 11) is 0. The van der Waals surface area contributed by atoms with Crippen molar-refractivity contribution in [2.45, 2.75) is 57.6 Å². The second-order valence-corrected chi connectivity index (χ2v) is 10.0. The molecule has 1 aliphatic heterocycles. The van der Waals surface area contributed by atoms with E-state index in [9.17, 15) is 4.79 Å². The molecule has 2 aliphatic rings. The summed E-state index contributed by atoms with van der Waals surface area (Å²) in [6.07, 6.45) is 4.86. The first-order valence-electron chi connectivity index (χ1n) is 12.9. The maximum atomic E-state index is 11.0. The fourth-order valence-electron chi connectivity index (χ4n) is 5.40. The maximum Gasteiger partial charge on any atom is 0.303 e. The van der Waals surface area contributed by atoms with Gasteiger partial charge in [0.25, 0.3) is 0 Å². The van der Waals surface area contributed by atoms with Crippen LogP contribution in [-0.2, 0) is 11.4 Å². The molecule has 3 aromatic carbocycles. The minimum atomic E-state index is -0.790. The third-order valence-electron chi connectivity index (χ3n) is 7.42. The van der Waals surface area contributed by atoms with Gasteiger partial charge in [0.15, 0.2) is 11.5 Å². The standard InChI is InChI=1S/C30H30N2O5/c1-19(14-29(33)34)21-7-10-24(11-8-21)35-17-20-6-12-25-26(15-20)32(23-4-2-3-5-23)31-30(25)22-9-13-27-28(16-22)37-18-36-27/h6-13,15-16,19,23H,2-5,14,17-18H2,1H3,(H,33,34). The van der Waals surface area contributed by atoms with Gasteiger partial charge in [0.1, 0.15) is 18.1 Å². The minimum absolute atomic E-state index is 0.0382. The molecule has 1 fully saturated rings. The number of aromatic nitrogens is 2. The van der Waals surface area contributed by atoms with Crippen molar-refractivity contribution in [3.63, 3.8) is 0 Å². The van der Waals surface area contributed by atoms with Crippen LogP contribution in [0.3, 0.4) is 0 Å². The van der Waals surface area contributed by atoms with E-state index in [0.717, 1.165) is 63.4 Å². The Balaban J connectivity index is 1.26.